The molecule has 0 aliphatic rings. The van der Waals surface area contributed by atoms with Crippen LogP contribution >= 0.6 is 0 Å². The third-order valence-corrected chi connectivity index (χ3v) is 3.94. The van der Waals surface area contributed by atoms with Gasteiger partial charge in [-0.2, -0.15) is 5.10 Å². The van der Waals surface area contributed by atoms with Gasteiger partial charge in [0.15, 0.2) is 18.1 Å². The van der Waals surface area contributed by atoms with Gasteiger partial charge in [0.05, 0.1) is 12.8 Å². The topological polar surface area (TPSA) is 80.2 Å². The molecule has 0 aliphatic heterocycles. The number of nitrogens with one attached hydrogen (secondary N) is 1. The second-order valence-electron chi connectivity index (χ2n) is 5.86. The second-order valence-corrected chi connectivity index (χ2v) is 5.86. The number of hydrogen-bond acceptors (Lipinski definition) is 5. The second kappa shape index (κ2) is 8.89. The lowest BCUT2D eigenvalue weighted by Gasteiger charge is -2.13. The fraction of sp³-hybridized carbons (Fsp3) is 0.300. The van der Waals surface area contributed by atoms with Crippen LogP contribution < -0.4 is 14.9 Å². The van der Waals surface area contributed by atoms with Crippen molar-refractivity contribution < 1.29 is 19.4 Å². The van der Waals surface area contributed by atoms with Gasteiger partial charge in [0.1, 0.15) is 5.75 Å². The number of aryl methyl sites for hydroxylation is 2. The molecule has 0 spiro atoms. The van der Waals surface area contributed by atoms with Gasteiger partial charge in [0.2, 0.25) is 0 Å². The first-order valence-electron chi connectivity index (χ1n) is 8.40. The highest BCUT2D eigenvalue weighted by Crippen LogP contribution is 2.28. The van der Waals surface area contributed by atoms with E-state index in [2.05, 4.69) is 10.5 Å². The maximum Gasteiger partial charge on any atom is 0.277 e. The van der Waals surface area contributed by atoms with Crippen LogP contribution in [0.5, 0.6) is 17.2 Å². The quantitative estimate of drug-likeness (QED) is 0.589. The largest absolute Gasteiger partial charge is 0.504 e. The molecule has 2 aromatic carbocycles. The van der Waals surface area contributed by atoms with Gasteiger partial charge in [0.25, 0.3) is 5.91 Å². The molecule has 0 radical (unpaired) electrons. The van der Waals surface area contributed by atoms with Gasteiger partial charge in [-0.05, 0) is 56.5 Å². The van der Waals surface area contributed by atoms with Gasteiger partial charge >= 0.3 is 0 Å². The molecule has 0 unspecified atom stereocenters. The van der Waals surface area contributed by atoms with Gasteiger partial charge in [-0.3, -0.25) is 4.79 Å². The highest BCUT2D eigenvalue weighted by Gasteiger charge is 2.09. The van der Waals surface area contributed by atoms with Crippen molar-refractivity contribution in [1.29, 1.82) is 0 Å². The Morgan fingerprint density at radius 2 is 1.88 bits per heavy atom. The summed E-state index contributed by atoms with van der Waals surface area (Å²) < 4.78 is 10.9. The number of phenols is 1. The summed E-state index contributed by atoms with van der Waals surface area (Å²) >= 11 is 0. The van der Waals surface area contributed by atoms with Crippen molar-refractivity contribution in [3.8, 4) is 17.2 Å². The Hall–Kier alpha value is -3.02. The number of hydrazone groups is 1. The first-order valence-corrected chi connectivity index (χ1v) is 8.40. The van der Waals surface area contributed by atoms with Gasteiger partial charge in [-0.25, -0.2) is 5.43 Å². The lowest BCUT2D eigenvalue weighted by atomic mass is 10.1. The lowest BCUT2D eigenvalue weighted by Crippen LogP contribution is -2.25. The number of benzene rings is 2. The molecule has 2 N–H and O–H groups in total. The Morgan fingerprint density at radius 3 is 2.62 bits per heavy atom. The molecule has 0 aromatic heterocycles. The molecular weight excluding hydrogens is 332 g/mol. The Labute approximate surface area is 153 Å². The Balaban J connectivity index is 1.95. The monoisotopic (exact) mass is 356 g/mol. The molecular formula is C20H24N2O4. The van der Waals surface area contributed by atoms with Gasteiger partial charge < -0.3 is 14.6 Å². The van der Waals surface area contributed by atoms with E-state index in [1.54, 1.807) is 18.2 Å². The molecule has 0 atom stereocenters. The van der Waals surface area contributed by atoms with Crippen LogP contribution in [0.4, 0.5) is 0 Å². The van der Waals surface area contributed by atoms with E-state index in [4.69, 9.17) is 9.47 Å². The first kappa shape index (κ1) is 19.3. The summed E-state index contributed by atoms with van der Waals surface area (Å²) in [6, 6.07) is 9.05. The van der Waals surface area contributed by atoms with Crippen molar-refractivity contribution in [2.45, 2.75) is 27.7 Å². The summed E-state index contributed by atoms with van der Waals surface area (Å²) in [5.41, 5.74) is 5.93. The number of phenolic OH excluding ortho intramolecular Hbond substituents is 1. The molecule has 6 heteroatoms. The number of para-hydroxylation sites is 1. The van der Waals surface area contributed by atoms with Crippen LogP contribution in [-0.4, -0.2) is 30.4 Å². The molecule has 138 valence electrons. The normalized spacial score (nSPS) is 10.8. The Bertz CT molecular complexity index is 816. The number of rotatable bonds is 7. The maximum absolute atomic E-state index is 11.9. The van der Waals surface area contributed by atoms with Crippen LogP contribution in [-0.2, 0) is 4.79 Å². The van der Waals surface area contributed by atoms with E-state index in [0.717, 1.165) is 16.7 Å². The van der Waals surface area contributed by atoms with E-state index in [-0.39, 0.29) is 18.3 Å². The first-order chi connectivity index (χ1) is 12.4. The number of amides is 1. The van der Waals surface area contributed by atoms with E-state index in [1.807, 2.05) is 39.8 Å². The third kappa shape index (κ3) is 4.75. The maximum atomic E-state index is 11.9. The number of hydrogen-bond donors (Lipinski definition) is 2. The zero-order valence-corrected chi connectivity index (χ0v) is 15.5. The number of nitrogens with zero attached hydrogens (tertiary/aromatic N) is 1. The fourth-order valence-electron chi connectivity index (χ4n) is 2.41. The van der Waals surface area contributed by atoms with Gasteiger partial charge in [0, 0.05) is 5.56 Å². The summed E-state index contributed by atoms with van der Waals surface area (Å²) in [5, 5.41) is 13.9. The van der Waals surface area contributed by atoms with Crippen molar-refractivity contribution in [2.75, 3.05) is 13.2 Å². The zero-order valence-electron chi connectivity index (χ0n) is 15.5. The van der Waals surface area contributed by atoms with E-state index >= 15 is 0 Å². The summed E-state index contributed by atoms with van der Waals surface area (Å²) in [4.78, 5) is 11.9. The number of carbonyl (C=O) groups is 1. The standard InChI is InChI=1S/C20H24N2O4/c1-5-25-17-8-6-7-16(19(17)24)11-21-22-18(23)12-26-20-14(3)10-9-13(2)15(20)4/h6-11,24H,5,12H2,1-4H3,(H,22,23)/b21-11-. The van der Waals surface area contributed by atoms with Crippen molar-refractivity contribution in [2.24, 2.45) is 5.10 Å². The van der Waals surface area contributed by atoms with Crippen LogP contribution in [0.15, 0.2) is 35.4 Å². The Morgan fingerprint density at radius 1 is 1.15 bits per heavy atom. The SMILES string of the molecule is CCOc1cccc(/C=N\NC(=O)COc2c(C)ccc(C)c2C)c1O. The van der Waals surface area contributed by atoms with Crippen LogP contribution in [0.2, 0.25) is 0 Å². The smallest absolute Gasteiger partial charge is 0.277 e. The van der Waals surface area contributed by atoms with Crippen molar-refractivity contribution >= 4 is 12.1 Å². The molecule has 0 saturated heterocycles. The predicted octanol–water partition coefficient (Wildman–Crippen LogP) is 3.25. The molecule has 0 heterocycles. The molecule has 26 heavy (non-hydrogen) atoms. The molecule has 2 rings (SSSR count). The molecule has 0 bridgehead atoms. The number of carbonyl (C=O) groups excluding carboxylic acids is 1. The fourth-order valence-corrected chi connectivity index (χ4v) is 2.41. The molecule has 0 aliphatic carbocycles. The van der Waals surface area contributed by atoms with Crippen LogP contribution in [0, 0.1) is 20.8 Å². The highest BCUT2D eigenvalue weighted by molar-refractivity contribution is 5.86. The zero-order chi connectivity index (χ0) is 19.1. The molecule has 0 fully saturated rings. The molecule has 1 amide bonds. The van der Waals surface area contributed by atoms with Crippen molar-refractivity contribution in [1.82, 2.24) is 5.43 Å². The van der Waals surface area contributed by atoms with Gasteiger partial charge in [-0.15, -0.1) is 0 Å². The van der Waals surface area contributed by atoms with Crippen LogP contribution in [0.25, 0.3) is 0 Å². The minimum Gasteiger partial charge on any atom is -0.504 e. The van der Waals surface area contributed by atoms with Crippen LogP contribution in [0.1, 0.15) is 29.2 Å². The number of aromatic hydroxyl groups is 1. The average molecular weight is 356 g/mol. The summed E-state index contributed by atoms with van der Waals surface area (Å²) in [7, 11) is 0. The predicted molar refractivity (Wildman–Crippen MR) is 101 cm³/mol. The highest BCUT2D eigenvalue weighted by atomic mass is 16.5. The van der Waals surface area contributed by atoms with Crippen molar-refractivity contribution in [3.05, 3.63) is 52.6 Å². The van der Waals surface area contributed by atoms with Gasteiger partial charge in [-0.1, -0.05) is 18.2 Å². The van der Waals surface area contributed by atoms with Crippen LogP contribution in [0.3, 0.4) is 0 Å². The summed E-state index contributed by atoms with van der Waals surface area (Å²) in [6.07, 6.45) is 1.36. The molecule has 0 saturated carbocycles. The lowest BCUT2D eigenvalue weighted by molar-refractivity contribution is -0.123. The summed E-state index contributed by atoms with van der Waals surface area (Å²) in [6.45, 7) is 8.02. The number of ether oxygens (including phenoxy) is 2. The molecule has 6 nitrogen and oxygen atoms in total. The molecule has 2 aromatic rings. The third-order valence-electron chi connectivity index (χ3n) is 3.94. The van der Waals surface area contributed by atoms with Crippen molar-refractivity contribution in [3.63, 3.8) is 0 Å². The summed E-state index contributed by atoms with van der Waals surface area (Å²) in [5.74, 6) is 0.680. The average Bonchev–Trinajstić information content (AvgIpc) is 2.61. The van der Waals surface area contributed by atoms with E-state index in [1.165, 1.54) is 6.21 Å². The minimum atomic E-state index is -0.387. The van der Waals surface area contributed by atoms with E-state index in [9.17, 15) is 9.90 Å². The Kier molecular flexibility index (Phi) is 6.60. The van der Waals surface area contributed by atoms with E-state index in [0.29, 0.717) is 23.7 Å². The minimum absolute atomic E-state index is 0.0189. The van der Waals surface area contributed by atoms with E-state index < -0.39 is 0 Å².